The molecule has 0 aliphatic carbocycles. The van der Waals surface area contributed by atoms with Gasteiger partial charge in [0.05, 0.1) is 13.2 Å². The number of benzene rings is 1. The molecule has 1 saturated heterocycles. The van der Waals surface area contributed by atoms with E-state index < -0.39 is 12.0 Å². The normalized spacial score (nSPS) is 20.1. The highest BCUT2D eigenvalue weighted by molar-refractivity contribution is 5.84. The fourth-order valence-electron chi connectivity index (χ4n) is 2.47. The third-order valence-corrected chi connectivity index (χ3v) is 3.65. The van der Waals surface area contributed by atoms with Crippen molar-refractivity contribution >= 4 is 11.9 Å². The molecule has 0 radical (unpaired) electrons. The van der Waals surface area contributed by atoms with Crippen LogP contribution in [0.25, 0.3) is 0 Å². The van der Waals surface area contributed by atoms with Crippen molar-refractivity contribution in [2.24, 2.45) is 0 Å². The number of carboxylic acids is 1. The number of aliphatic carboxylic acids is 1. The maximum Gasteiger partial charge on any atom is 0.328 e. The molecular weight excluding hydrogens is 277 g/mol. The number of carbonyl (C=O) groups is 2. The van der Waals surface area contributed by atoms with Crippen LogP contribution in [-0.4, -0.2) is 47.7 Å². The van der Waals surface area contributed by atoms with Crippen LogP contribution in [0.2, 0.25) is 0 Å². The minimum absolute atomic E-state index is 0.00481. The van der Waals surface area contributed by atoms with Gasteiger partial charge in [-0.15, -0.1) is 0 Å². The third-order valence-electron chi connectivity index (χ3n) is 3.65. The van der Waals surface area contributed by atoms with E-state index >= 15 is 0 Å². The van der Waals surface area contributed by atoms with Gasteiger partial charge in [0.25, 0.3) is 0 Å². The van der Waals surface area contributed by atoms with Crippen LogP contribution in [0.3, 0.4) is 0 Å². The van der Waals surface area contributed by atoms with Crippen LogP contribution in [0, 0.1) is 5.82 Å². The van der Waals surface area contributed by atoms with Gasteiger partial charge in [0.15, 0.2) is 6.04 Å². The molecule has 0 unspecified atom stereocenters. The highest BCUT2D eigenvalue weighted by Crippen LogP contribution is 2.23. The maximum atomic E-state index is 13.7. The zero-order valence-electron chi connectivity index (χ0n) is 11.8. The molecule has 1 heterocycles. The molecule has 1 amide bonds. The molecule has 1 aliphatic rings. The Kier molecular flexibility index (Phi) is 4.90. The van der Waals surface area contributed by atoms with Crippen molar-refractivity contribution in [1.82, 2.24) is 4.90 Å². The number of carboxylic acid groups (broad SMARTS) is 1. The van der Waals surface area contributed by atoms with Crippen LogP contribution >= 0.6 is 0 Å². The minimum atomic E-state index is -1.08. The molecule has 5 nitrogen and oxygen atoms in total. The molecule has 0 aromatic heterocycles. The van der Waals surface area contributed by atoms with Gasteiger partial charge in [0, 0.05) is 13.0 Å². The second-order valence-electron chi connectivity index (χ2n) is 5.14. The van der Waals surface area contributed by atoms with E-state index in [1.165, 1.54) is 11.0 Å². The Labute approximate surface area is 122 Å². The van der Waals surface area contributed by atoms with E-state index in [9.17, 15) is 14.0 Å². The van der Waals surface area contributed by atoms with Crippen molar-refractivity contribution in [3.63, 3.8) is 0 Å². The monoisotopic (exact) mass is 295 g/mol. The summed E-state index contributed by atoms with van der Waals surface area (Å²) in [6, 6.07) is 5.34. The second kappa shape index (κ2) is 6.67. The van der Waals surface area contributed by atoms with E-state index in [2.05, 4.69) is 0 Å². The molecule has 0 saturated carbocycles. The molecule has 2 atom stereocenters. The summed E-state index contributed by atoms with van der Waals surface area (Å²) < 4.78 is 18.8. The fourth-order valence-corrected chi connectivity index (χ4v) is 2.47. The van der Waals surface area contributed by atoms with Crippen molar-refractivity contribution in [3.05, 3.63) is 35.6 Å². The first-order valence-corrected chi connectivity index (χ1v) is 6.85. The number of carbonyl (C=O) groups excluding carboxylic acids is 1. The van der Waals surface area contributed by atoms with Crippen molar-refractivity contribution in [1.29, 1.82) is 0 Å². The summed E-state index contributed by atoms with van der Waals surface area (Å²) in [5.41, 5.74) is 0.464. The minimum Gasteiger partial charge on any atom is -0.480 e. The predicted molar refractivity (Wildman–Crippen MR) is 73.4 cm³/mol. The largest absolute Gasteiger partial charge is 0.480 e. The van der Waals surface area contributed by atoms with Gasteiger partial charge in [0.2, 0.25) is 5.91 Å². The Balaban J connectivity index is 2.06. The second-order valence-corrected chi connectivity index (χ2v) is 5.14. The van der Waals surface area contributed by atoms with Gasteiger partial charge in [-0.25, -0.2) is 9.18 Å². The van der Waals surface area contributed by atoms with Crippen LogP contribution in [0.5, 0.6) is 0 Å². The molecule has 6 heteroatoms. The molecule has 0 bridgehead atoms. The van der Waals surface area contributed by atoms with Crippen molar-refractivity contribution in [3.8, 4) is 0 Å². The summed E-state index contributed by atoms with van der Waals surface area (Å²) >= 11 is 0. The van der Waals surface area contributed by atoms with E-state index in [0.29, 0.717) is 12.2 Å². The van der Waals surface area contributed by atoms with Crippen LogP contribution in [0.1, 0.15) is 24.8 Å². The average molecular weight is 295 g/mol. The SMILES string of the molecule is C[C@H](CC(=O)N1CCOC[C@H]1C(=O)O)c1ccccc1F. The van der Waals surface area contributed by atoms with E-state index in [-0.39, 0.29) is 37.2 Å². The van der Waals surface area contributed by atoms with Crippen LogP contribution < -0.4 is 0 Å². The number of halogens is 1. The Bertz CT molecular complexity index is 534. The first kappa shape index (κ1) is 15.4. The van der Waals surface area contributed by atoms with Crippen LogP contribution in [-0.2, 0) is 14.3 Å². The Morgan fingerprint density at radius 1 is 1.48 bits per heavy atom. The number of hydrogen-bond acceptors (Lipinski definition) is 3. The van der Waals surface area contributed by atoms with Gasteiger partial charge >= 0.3 is 5.97 Å². The lowest BCUT2D eigenvalue weighted by molar-refractivity contribution is -0.158. The number of nitrogens with zero attached hydrogens (tertiary/aromatic N) is 1. The van der Waals surface area contributed by atoms with E-state index in [1.807, 2.05) is 0 Å². The highest BCUT2D eigenvalue weighted by Gasteiger charge is 2.33. The van der Waals surface area contributed by atoms with Crippen molar-refractivity contribution in [2.75, 3.05) is 19.8 Å². The lowest BCUT2D eigenvalue weighted by Crippen LogP contribution is -2.52. The third kappa shape index (κ3) is 3.58. The number of amides is 1. The summed E-state index contributed by atoms with van der Waals surface area (Å²) in [4.78, 5) is 24.7. The van der Waals surface area contributed by atoms with Gasteiger partial charge in [-0.3, -0.25) is 4.79 Å². The quantitative estimate of drug-likeness (QED) is 0.917. The highest BCUT2D eigenvalue weighted by atomic mass is 19.1. The van der Waals surface area contributed by atoms with Gasteiger partial charge in [0.1, 0.15) is 5.82 Å². The molecule has 1 aliphatic heterocycles. The number of morpholine rings is 1. The van der Waals surface area contributed by atoms with Crippen molar-refractivity contribution in [2.45, 2.75) is 25.3 Å². The standard InChI is InChI=1S/C15H18FNO4/c1-10(11-4-2-3-5-12(11)16)8-14(18)17-6-7-21-9-13(17)15(19)20/h2-5,10,13H,6-9H2,1H3,(H,19,20)/t10-,13+/m1/s1. The summed E-state index contributed by atoms with van der Waals surface area (Å²) in [5, 5.41) is 9.12. The molecule has 1 aromatic carbocycles. The van der Waals surface area contributed by atoms with Gasteiger partial charge in [-0.1, -0.05) is 25.1 Å². The smallest absolute Gasteiger partial charge is 0.328 e. The Morgan fingerprint density at radius 3 is 2.86 bits per heavy atom. The molecule has 1 fully saturated rings. The molecule has 2 rings (SSSR count). The first-order valence-electron chi connectivity index (χ1n) is 6.85. The van der Waals surface area contributed by atoms with E-state index in [1.54, 1.807) is 25.1 Å². The molecule has 21 heavy (non-hydrogen) atoms. The summed E-state index contributed by atoms with van der Waals surface area (Å²) in [5.74, 6) is -2.03. The van der Waals surface area contributed by atoms with Crippen LogP contribution in [0.15, 0.2) is 24.3 Å². The maximum absolute atomic E-state index is 13.7. The van der Waals surface area contributed by atoms with Crippen LogP contribution in [0.4, 0.5) is 4.39 Å². The molecular formula is C15H18FNO4. The summed E-state index contributed by atoms with van der Waals surface area (Å²) in [7, 11) is 0. The van der Waals surface area contributed by atoms with E-state index in [0.717, 1.165) is 0 Å². The van der Waals surface area contributed by atoms with Gasteiger partial charge in [-0.2, -0.15) is 0 Å². The number of ether oxygens (including phenoxy) is 1. The molecule has 1 N–H and O–H groups in total. The zero-order valence-corrected chi connectivity index (χ0v) is 11.8. The van der Waals surface area contributed by atoms with Gasteiger partial charge in [-0.05, 0) is 17.5 Å². The Hall–Kier alpha value is -1.95. The fraction of sp³-hybridized carbons (Fsp3) is 0.467. The lowest BCUT2D eigenvalue weighted by Gasteiger charge is -2.33. The molecule has 114 valence electrons. The zero-order chi connectivity index (χ0) is 15.4. The van der Waals surface area contributed by atoms with Gasteiger partial charge < -0.3 is 14.7 Å². The lowest BCUT2D eigenvalue weighted by atomic mass is 9.96. The Morgan fingerprint density at radius 2 is 2.19 bits per heavy atom. The first-order chi connectivity index (χ1) is 10.0. The molecule has 0 spiro atoms. The molecule has 1 aromatic rings. The average Bonchev–Trinajstić information content (AvgIpc) is 2.47. The predicted octanol–water partition coefficient (Wildman–Crippen LogP) is 1.63. The van der Waals surface area contributed by atoms with E-state index in [4.69, 9.17) is 9.84 Å². The van der Waals surface area contributed by atoms with Crippen molar-refractivity contribution < 1.29 is 23.8 Å². The summed E-state index contributed by atoms with van der Waals surface area (Å²) in [6.45, 7) is 2.32. The topological polar surface area (TPSA) is 66.8 Å². The number of rotatable bonds is 4. The summed E-state index contributed by atoms with van der Waals surface area (Å²) in [6.07, 6.45) is 0.0741. The number of hydrogen-bond donors (Lipinski definition) is 1.